The summed E-state index contributed by atoms with van der Waals surface area (Å²) in [5.41, 5.74) is 8.96. The molecule has 0 bridgehead atoms. The standard InChI is InChI=1S/C15H15BrN2O/c1-10-2-7-13(14(17)8-10)15(19)18-9-11-3-5-12(16)6-4-11/h2-8H,9,17H2,1H3,(H,18,19). The molecule has 0 aliphatic carbocycles. The first kappa shape index (κ1) is 13.6. The molecule has 0 radical (unpaired) electrons. The lowest BCUT2D eigenvalue weighted by atomic mass is 10.1. The van der Waals surface area contributed by atoms with Crippen LogP contribution in [0.5, 0.6) is 0 Å². The Morgan fingerprint density at radius 1 is 1.21 bits per heavy atom. The number of rotatable bonds is 3. The van der Waals surface area contributed by atoms with Crippen LogP contribution in [0.25, 0.3) is 0 Å². The third-order valence-corrected chi connectivity index (χ3v) is 3.35. The van der Waals surface area contributed by atoms with Crippen LogP contribution >= 0.6 is 15.9 Å². The number of hydrogen-bond donors (Lipinski definition) is 2. The van der Waals surface area contributed by atoms with Gasteiger partial charge in [0.1, 0.15) is 0 Å². The van der Waals surface area contributed by atoms with Gasteiger partial charge in [-0.15, -0.1) is 0 Å². The number of anilines is 1. The van der Waals surface area contributed by atoms with E-state index in [-0.39, 0.29) is 5.91 Å². The van der Waals surface area contributed by atoms with E-state index in [2.05, 4.69) is 21.2 Å². The Kier molecular flexibility index (Phi) is 4.22. The van der Waals surface area contributed by atoms with Crippen molar-refractivity contribution < 1.29 is 4.79 Å². The Morgan fingerprint density at radius 2 is 1.89 bits per heavy atom. The van der Waals surface area contributed by atoms with Crippen LogP contribution in [0.1, 0.15) is 21.5 Å². The van der Waals surface area contributed by atoms with E-state index in [9.17, 15) is 4.79 Å². The Labute approximate surface area is 121 Å². The molecule has 0 aliphatic heterocycles. The second kappa shape index (κ2) is 5.89. The molecule has 98 valence electrons. The average Bonchev–Trinajstić information content (AvgIpc) is 2.37. The summed E-state index contributed by atoms with van der Waals surface area (Å²) in [5.74, 6) is -0.152. The second-order valence-electron chi connectivity index (χ2n) is 4.40. The Bertz CT molecular complexity index is 594. The normalized spacial score (nSPS) is 10.2. The highest BCUT2D eigenvalue weighted by Gasteiger charge is 2.08. The number of nitrogens with two attached hydrogens (primary N) is 1. The van der Waals surface area contributed by atoms with Crippen molar-refractivity contribution >= 4 is 27.5 Å². The van der Waals surface area contributed by atoms with Crippen LogP contribution in [0.3, 0.4) is 0 Å². The SMILES string of the molecule is Cc1ccc(C(=O)NCc2ccc(Br)cc2)c(N)c1. The Balaban J connectivity index is 2.03. The van der Waals surface area contributed by atoms with E-state index >= 15 is 0 Å². The van der Waals surface area contributed by atoms with Crippen LogP contribution in [0.4, 0.5) is 5.69 Å². The summed E-state index contributed by atoms with van der Waals surface area (Å²) in [6, 6.07) is 13.2. The summed E-state index contributed by atoms with van der Waals surface area (Å²) in [6.07, 6.45) is 0. The zero-order valence-electron chi connectivity index (χ0n) is 10.6. The monoisotopic (exact) mass is 318 g/mol. The minimum absolute atomic E-state index is 0.152. The minimum atomic E-state index is -0.152. The van der Waals surface area contributed by atoms with Crippen molar-refractivity contribution in [2.24, 2.45) is 0 Å². The second-order valence-corrected chi connectivity index (χ2v) is 5.32. The summed E-state index contributed by atoms with van der Waals surface area (Å²) in [6.45, 7) is 2.43. The molecule has 2 rings (SSSR count). The van der Waals surface area contributed by atoms with Gasteiger partial charge < -0.3 is 11.1 Å². The molecule has 2 aromatic rings. The lowest BCUT2D eigenvalue weighted by Crippen LogP contribution is -2.23. The fourth-order valence-electron chi connectivity index (χ4n) is 1.77. The number of halogens is 1. The largest absolute Gasteiger partial charge is 0.398 e. The number of hydrogen-bond acceptors (Lipinski definition) is 2. The number of carbonyl (C=O) groups excluding carboxylic acids is 1. The smallest absolute Gasteiger partial charge is 0.253 e. The molecular formula is C15H15BrN2O. The van der Waals surface area contributed by atoms with E-state index in [0.717, 1.165) is 15.6 Å². The molecule has 0 atom stereocenters. The topological polar surface area (TPSA) is 55.1 Å². The van der Waals surface area contributed by atoms with Gasteiger partial charge in [0, 0.05) is 16.7 Å². The van der Waals surface area contributed by atoms with Gasteiger partial charge in [-0.05, 0) is 42.3 Å². The number of benzene rings is 2. The van der Waals surface area contributed by atoms with E-state index < -0.39 is 0 Å². The van der Waals surface area contributed by atoms with Crippen LogP contribution in [0, 0.1) is 6.92 Å². The summed E-state index contributed by atoms with van der Waals surface area (Å²) < 4.78 is 1.02. The molecule has 19 heavy (non-hydrogen) atoms. The predicted molar refractivity (Wildman–Crippen MR) is 80.9 cm³/mol. The Hall–Kier alpha value is -1.81. The maximum Gasteiger partial charge on any atom is 0.253 e. The molecule has 0 aliphatic rings. The van der Waals surface area contributed by atoms with Gasteiger partial charge in [-0.3, -0.25) is 4.79 Å². The lowest BCUT2D eigenvalue weighted by molar-refractivity contribution is 0.0952. The first-order chi connectivity index (χ1) is 9.06. The lowest BCUT2D eigenvalue weighted by Gasteiger charge is -2.08. The first-order valence-corrected chi connectivity index (χ1v) is 6.74. The zero-order valence-corrected chi connectivity index (χ0v) is 12.2. The molecule has 0 unspecified atom stereocenters. The van der Waals surface area contributed by atoms with Crippen LogP contribution in [-0.2, 0) is 6.54 Å². The van der Waals surface area contributed by atoms with Crippen LogP contribution in [0.2, 0.25) is 0 Å². The number of amides is 1. The Morgan fingerprint density at radius 3 is 2.53 bits per heavy atom. The minimum Gasteiger partial charge on any atom is -0.398 e. The van der Waals surface area contributed by atoms with Gasteiger partial charge in [-0.25, -0.2) is 0 Å². The van der Waals surface area contributed by atoms with E-state index in [0.29, 0.717) is 17.8 Å². The van der Waals surface area contributed by atoms with Gasteiger partial charge in [0.25, 0.3) is 5.91 Å². The van der Waals surface area contributed by atoms with Crippen molar-refractivity contribution in [2.45, 2.75) is 13.5 Å². The van der Waals surface area contributed by atoms with E-state index in [4.69, 9.17) is 5.73 Å². The summed E-state index contributed by atoms with van der Waals surface area (Å²) in [4.78, 5) is 12.0. The fraction of sp³-hybridized carbons (Fsp3) is 0.133. The van der Waals surface area contributed by atoms with Crippen molar-refractivity contribution in [1.29, 1.82) is 0 Å². The van der Waals surface area contributed by atoms with Crippen molar-refractivity contribution in [3.8, 4) is 0 Å². The number of aryl methyl sites for hydroxylation is 1. The molecule has 3 nitrogen and oxygen atoms in total. The van der Waals surface area contributed by atoms with Crippen LogP contribution in [-0.4, -0.2) is 5.91 Å². The van der Waals surface area contributed by atoms with E-state index in [1.165, 1.54) is 0 Å². The highest BCUT2D eigenvalue weighted by Crippen LogP contribution is 2.14. The van der Waals surface area contributed by atoms with Gasteiger partial charge in [0.2, 0.25) is 0 Å². The van der Waals surface area contributed by atoms with Gasteiger partial charge in [-0.2, -0.15) is 0 Å². The average molecular weight is 319 g/mol. The third kappa shape index (κ3) is 3.58. The maximum absolute atomic E-state index is 12.0. The van der Waals surface area contributed by atoms with Gasteiger partial charge >= 0.3 is 0 Å². The van der Waals surface area contributed by atoms with Gasteiger partial charge in [0.15, 0.2) is 0 Å². The zero-order chi connectivity index (χ0) is 13.8. The molecule has 3 N–H and O–H groups in total. The van der Waals surface area contributed by atoms with E-state index in [1.54, 1.807) is 12.1 Å². The summed E-state index contributed by atoms with van der Waals surface area (Å²) >= 11 is 3.37. The molecule has 1 amide bonds. The fourth-order valence-corrected chi connectivity index (χ4v) is 2.03. The van der Waals surface area contributed by atoms with Crippen LogP contribution < -0.4 is 11.1 Å². The van der Waals surface area contributed by atoms with Crippen LogP contribution in [0.15, 0.2) is 46.9 Å². The molecule has 0 saturated carbocycles. The highest BCUT2D eigenvalue weighted by atomic mass is 79.9. The summed E-state index contributed by atoms with van der Waals surface area (Å²) in [7, 11) is 0. The van der Waals surface area contributed by atoms with Crippen molar-refractivity contribution in [3.63, 3.8) is 0 Å². The van der Waals surface area contributed by atoms with Crippen molar-refractivity contribution in [2.75, 3.05) is 5.73 Å². The number of nitrogens with one attached hydrogen (secondary N) is 1. The maximum atomic E-state index is 12.0. The number of nitrogen functional groups attached to an aromatic ring is 1. The summed E-state index contributed by atoms with van der Waals surface area (Å²) in [5, 5.41) is 2.86. The quantitative estimate of drug-likeness (QED) is 0.853. The molecule has 0 heterocycles. The van der Waals surface area contributed by atoms with E-state index in [1.807, 2.05) is 37.3 Å². The molecule has 4 heteroatoms. The molecule has 0 saturated heterocycles. The molecule has 2 aromatic carbocycles. The third-order valence-electron chi connectivity index (χ3n) is 2.82. The first-order valence-electron chi connectivity index (χ1n) is 5.95. The predicted octanol–water partition coefficient (Wildman–Crippen LogP) is 3.27. The number of carbonyl (C=O) groups is 1. The highest BCUT2D eigenvalue weighted by molar-refractivity contribution is 9.10. The molecule has 0 fully saturated rings. The van der Waals surface area contributed by atoms with Crippen molar-refractivity contribution in [3.05, 3.63) is 63.6 Å². The molecule has 0 aromatic heterocycles. The molecular weight excluding hydrogens is 304 g/mol. The molecule has 0 spiro atoms. The van der Waals surface area contributed by atoms with Gasteiger partial charge in [0.05, 0.1) is 5.56 Å². The van der Waals surface area contributed by atoms with Gasteiger partial charge in [-0.1, -0.05) is 34.1 Å². The van der Waals surface area contributed by atoms with Crippen molar-refractivity contribution in [1.82, 2.24) is 5.32 Å².